The Morgan fingerprint density at radius 3 is 2.76 bits per heavy atom. The van der Waals surface area contributed by atoms with Crippen LogP contribution in [0.3, 0.4) is 0 Å². The topological polar surface area (TPSA) is 87.0 Å². The third kappa shape index (κ3) is 5.75. The van der Waals surface area contributed by atoms with Gasteiger partial charge in [-0.1, -0.05) is 11.6 Å². The number of nitrogens with zero attached hydrogens (tertiary/aromatic N) is 2. The quantitative estimate of drug-likeness (QED) is 0.787. The molecule has 0 bridgehead atoms. The van der Waals surface area contributed by atoms with Crippen molar-refractivity contribution >= 4 is 23.5 Å². The summed E-state index contributed by atoms with van der Waals surface area (Å²) in [5.74, 6) is -0.602. The molecular formula is C17H22ClFN4O2. The summed E-state index contributed by atoms with van der Waals surface area (Å²) in [4.78, 5) is 15.8. The maximum absolute atomic E-state index is 14.0. The molecule has 1 aromatic rings. The number of hydrogen-bond acceptors (Lipinski definition) is 5. The minimum Gasteiger partial charge on any atom is -0.444 e. The highest BCUT2D eigenvalue weighted by atomic mass is 35.5. The molecular weight excluding hydrogens is 347 g/mol. The molecule has 25 heavy (non-hydrogen) atoms. The van der Waals surface area contributed by atoms with E-state index in [1.165, 1.54) is 0 Å². The Labute approximate surface area is 151 Å². The van der Waals surface area contributed by atoms with Gasteiger partial charge in [0, 0.05) is 12.1 Å². The van der Waals surface area contributed by atoms with Crippen molar-refractivity contribution in [1.82, 2.24) is 10.3 Å². The van der Waals surface area contributed by atoms with Crippen LogP contribution in [0.1, 0.15) is 52.0 Å². The average Bonchev–Trinajstić information content (AvgIpc) is 2.49. The lowest BCUT2D eigenvalue weighted by molar-refractivity contribution is 0.0492. The van der Waals surface area contributed by atoms with Crippen LogP contribution in [-0.4, -0.2) is 28.8 Å². The van der Waals surface area contributed by atoms with E-state index in [-0.39, 0.29) is 28.6 Å². The number of nitriles is 1. The second kappa shape index (κ2) is 7.87. The normalized spacial score (nSPS) is 20.5. The molecule has 0 aromatic carbocycles. The van der Waals surface area contributed by atoms with Gasteiger partial charge in [0.05, 0.1) is 5.56 Å². The Hall–Kier alpha value is -2.07. The molecule has 1 aliphatic rings. The van der Waals surface area contributed by atoms with E-state index in [4.69, 9.17) is 21.6 Å². The Balaban J connectivity index is 1.97. The molecule has 2 unspecified atom stereocenters. The maximum atomic E-state index is 14.0. The summed E-state index contributed by atoms with van der Waals surface area (Å²) >= 11 is 5.86. The van der Waals surface area contributed by atoms with Crippen molar-refractivity contribution in [3.05, 3.63) is 22.6 Å². The number of aromatic nitrogens is 1. The van der Waals surface area contributed by atoms with Crippen molar-refractivity contribution in [2.45, 2.75) is 64.1 Å². The number of hydrogen-bond donors (Lipinski definition) is 2. The highest BCUT2D eigenvalue weighted by Gasteiger charge is 2.26. The number of ether oxygens (including phenoxy) is 1. The molecule has 2 rings (SSSR count). The second-order valence-electron chi connectivity index (χ2n) is 7.12. The predicted molar refractivity (Wildman–Crippen MR) is 93.0 cm³/mol. The third-order valence-corrected chi connectivity index (χ3v) is 4.07. The summed E-state index contributed by atoms with van der Waals surface area (Å²) in [6.45, 7) is 5.42. The molecule has 1 heterocycles. The van der Waals surface area contributed by atoms with Gasteiger partial charge in [0.15, 0.2) is 11.6 Å². The Bertz CT molecular complexity index is 684. The largest absolute Gasteiger partial charge is 0.444 e. The van der Waals surface area contributed by atoms with E-state index in [1.54, 1.807) is 26.8 Å². The van der Waals surface area contributed by atoms with Crippen LogP contribution < -0.4 is 10.6 Å². The van der Waals surface area contributed by atoms with Crippen molar-refractivity contribution in [1.29, 1.82) is 5.26 Å². The zero-order chi connectivity index (χ0) is 18.6. The Morgan fingerprint density at radius 2 is 2.12 bits per heavy atom. The van der Waals surface area contributed by atoms with Crippen LogP contribution in [0.25, 0.3) is 0 Å². The summed E-state index contributed by atoms with van der Waals surface area (Å²) in [7, 11) is 0. The molecule has 6 nitrogen and oxygen atoms in total. The fourth-order valence-corrected chi connectivity index (χ4v) is 2.95. The summed E-state index contributed by atoms with van der Waals surface area (Å²) in [6.07, 6.45) is 2.71. The van der Waals surface area contributed by atoms with E-state index in [0.717, 1.165) is 25.3 Å². The van der Waals surface area contributed by atoms with Gasteiger partial charge >= 0.3 is 6.09 Å². The van der Waals surface area contributed by atoms with Crippen molar-refractivity contribution in [2.75, 3.05) is 5.32 Å². The minimum atomic E-state index is -0.622. The fraction of sp³-hybridized carbons (Fsp3) is 0.588. The molecule has 0 aliphatic heterocycles. The van der Waals surface area contributed by atoms with Gasteiger partial charge in [0.1, 0.15) is 16.8 Å². The smallest absolute Gasteiger partial charge is 0.407 e. The van der Waals surface area contributed by atoms with Crippen LogP contribution in [0.15, 0.2) is 6.07 Å². The Morgan fingerprint density at radius 1 is 1.44 bits per heavy atom. The van der Waals surface area contributed by atoms with Gasteiger partial charge in [-0.2, -0.15) is 5.26 Å². The zero-order valence-electron chi connectivity index (χ0n) is 14.5. The van der Waals surface area contributed by atoms with Crippen LogP contribution in [0, 0.1) is 17.1 Å². The molecule has 1 amide bonds. The first kappa shape index (κ1) is 19.3. The first-order valence-electron chi connectivity index (χ1n) is 8.20. The molecule has 0 radical (unpaired) electrons. The summed E-state index contributed by atoms with van der Waals surface area (Å²) in [5.41, 5.74) is -0.555. The molecule has 0 spiro atoms. The number of rotatable bonds is 3. The second-order valence-corrected chi connectivity index (χ2v) is 7.48. The first-order chi connectivity index (χ1) is 11.7. The number of alkyl carbamates (subject to hydrolysis) is 1. The fourth-order valence-electron chi connectivity index (χ4n) is 2.77. The molecule has 1 aliphatic carbocycles. The average molecular weight is 369 g/mol. The molecule has 2 atom stereocenters. The lowest BCUT2D eigenvalue weighted by Crippen LogP contribution is -2.44. The predicted octanol–water partition coefficient (Wildman–Crippen LogP) is 3.99. The summed E-state index contributed by atoms with van der Waals surface area (Å²) < 4.78 is 19.3. The highest BCUT2D eigenvalue weighted by molar-refractivity contribution is 6.30. The molecule has 0 saturated heterocycles. The van der Waals surface area contributed by atoms with E-state index in [1.807, 2.05) is 0 Å². The molecule has 8 heteroatoms. The van der Waals surface area contributed by atoms with Crippen molar-refractivity contribution < 1.29 is 13.9 Å². The van der Waals surface area contributed by atoms with Crippen LogP contribution in [-0.2, 0) is 4.74 Å². The van der Waals surface area contributed by atoms with E-state index >= 15 is 0 Å². The van der Waals surface area contributed by atoms with Gasteiger partial charge in [-0.15, -0.1) is 0 Å². The summed E-state index contributed by atoms with van der Waals surface area (Å²) in [5, 5.41) is 14.7. The minimum absolute atomic E-state index is 0.00201. The van der Waals surface area contributed by atoms with E-state index in [2.05, 4.69) is 15.6 Å². The SMILES string of the molecule is CC(C)(C)OC(=O)NC1CCCC(Nc2nc(Cl)c(C#N)cc2F)C1. The Kier molecular flexibility index (Phi) is 6.07. The molecule has 2 N–H and O–H groups in total. The molecule has 1 aromatic heterocycles. The van der Waals surface area contributed by atoms with Gasteiger partial charge in [0.25, 0.3) is 0 Å². The lowest BCUT2D eigenvalue weighted by Gasteiger charge is -2.31. The van der Waals surface area contributed by atoms with Crippen LogP contribution in [0.2, 0.25) is 5.15 Å². The number of anilines is 1. The number of carbonyl (C=O) groups excluding carboxylic acids is 1. The van der Waals surface area contributed by atoms with E-state index < -0.39 is 17.5 Å². The first-order valence-corrected chi connectivity index (χ1v) is 8.58. The highest BCUT2D eigenvalue weighted by Crippen LogP contribution is 2.25. The number of nitrogens with one attached hydrogen (secondary N) is 2. The van der Waals surface area contributed by atoms with Crippen LogP contribution in [0.5, 0.6) is 0 Å². The van der Waals surface area contributed by atoms with Crippen molar-refractivity contribution in [3.63, 3.8) is 0 Å². The standard InChI is InChI=1S/C17H22ClFN4O2/c1-17(2,3)25-16(24)22-12-6-4-5-11(8-12)21-15-13(19)7-10(9-20)14(18)23-15/h7,11-12H,4-6,8H2,1-3H3,(H,21,23)(H,22,24). The lowest BCUT2D eigenvalue weighted by atomic mass is 9.91. The monoisotopic (exact) mass is 368 g/mol. The third-order valence-electron chi connectivity index (χ3n) is 3.79. The molecule has 1 saturated carbocycles. The van der Waals surface area contributed by atoms with Gasteiger partial charge in [0.2, 0.25) is 0 Å². The van der Waals surface area contributed by atoms with Gasteiger partial charge < -0.3 is 15.4 Å². The van der Waals surface area contributed by atoms with E-state index in [9.17, 15) is 9.18 Å². The number of pyridine rings is 1. The van der Waals surface area contributed by atoms with Crippen molar-refractivity contribution in [2.24, 2.45) is 0 Å². The van der Waals surface area contributed by atoms with E-state index in [0.29, 0.717) is 6.42 Å². The van der Waals surface area contributed by atoms with Crippen LogP contribution in [0.4, 0.5) is 15.0 Å². The van der Waals surface area contributed by atoms with Crippen molar-refractivity contribution in [3.8, 4) is 6.07 Å². The van der Waals surface area contributed by atoms with Gasteiger partial charge in [-0.05, 0) is 52.5 Å². The maximum Gasteiger partial charge on any atom is 0.407 e. The van der Waals surface area contributed by atoms with Gasteiger partial charge in [-0.3, -0.25) is 0 Å². The molecule has 136 valence electrons. The summed E-state index contributed by atoms with van der Waals surface area (Å²) in [6, 6.07) is 2.74. The number of carbonyl (C=O) groups is 1. The number of halogens is 2. The zero-order valence-corrected chi connectivity index (χ0v) is 15.3. The number of amides is 1. The van der Waals surface area contributed by atoms with Gasteiger partial charge in [-0.25, -0.2) is 14.2 Å². The molecule has 1 fully saturated rings. The van der Waals surface area contributed by atoms with Crippen LogP contribution >= 0.6 is 11.6 Å².